The summed E-state index contributed by atoms with van der Waals surface area (Å²) >= 11 is 6.43. The zero-order valence-electron chi connectivity index (χ0n) is 19.2. The number of ether oxygens (including phenoxy) is 1. The van der Waals surface area contributed by atoms with Gasteiger partial charge in [-0.3, -0.25) is 9.59 Å². The monoisotopic (exact) mass is 465 g/mol. The first-order valence-electron chi connectivity index (χ1n) is 11.3. The van der Waals surface area contributed by atoms with E-state index in [0.29, 0.717) is 48.9 Å². The van der Waals surface area contributed by atoms with E-state index in [0.717, 1.165) is 22.4 Å². The first kappa shape index (κ1) is 23.1. The highest BCUT2D eigenvalue weighted by Crippen LogP contribution is 2.30. The van der Waals surface area contributed by atoms with Crippen molar-refractivity contribution in [1.82, 2.24) is 14.7 Å². The average molecular weight is 466 g/mol. The van der Waals surface area contributed by atoms with Crippen LogP contribution in [0.3, 0.4) is 0 Å². The molecule has 1 aromatic heterocycles. The molecule has 1 saturated heterocycles. The number of piperidine rings is 1. The molecule has 1 aliphatic rings. The van der Waals surface area contributed by atoms with Crippen LogP contribution in [0.15, 0.2) is 48.5 Å². The molecule has 0 radical (unpaired) electrons. The number of carbonyl (C=O) groups is 2. The molecular weight excluding hydrogens is 438 g/mol. The lowest BCUT2D eigenvalue weighted by atomic mass is 9.97. The van der Waals surface area contributed by atoms with Crippen molar-refractivity contribution < 1.29 is 14.3 Å². The summed E-state index contributed by atoms with van der Waals surface area (Å²) in [7, 11) is 0. The summed E-state index contributed by atoms with van der Waals surface area (Å²) in [6.07, 6.45) is 1.19. The maximum Gasteiger partial charge on any atom is 0.309 e. The van der Waals surface area contributed by atoms with Gasteiger partial charge < -0.3 is 9.64 Å². The van der Waals surface area contributed by atoms with Crippen molar-refractivity contribution in [3.63, 3.8) is 0 Å². The minimum absolute atomic E-state index is 0.107. The van der Waals surface area contributed by atoms with Gasteiger partial charge in [0.2, 0.25) is 0 Å². The molecule has 2 aromatic carbocycles. The number of aromatic nitrogens is 2. The fourth-order valence-corrected chi connectivity index (χ4v) is 4.44. The number of amides is 1. The van der Waals surface area contributed by atoms with Gasteiger partial charge in [-0.25, -0.2) is 4.68 Å². The molecule has 172 valence electrons. The third kappa shape index (κ3) is 4.81. The van der Waals surface area contributed by atoms with Crippen LogP contribution in [-0.4, -0.2) is 46.3 Å². The van der Waals surface area contributed by atoms with Gasteiger partial charge in [-0.05, 0) is 62.9 Å². The molecule has 7 heteroatoms. The lowest BCUT2D eigenvalue weighted by molar-refractivity contribution is -0.149. The molecule has 0 bridgehead atoms. The number of benzene rings is 2. The Morgan fingerprint density at radius 2 is 1.82 bits per heavy atom. The Kier molecular flexibility index (Phi) is 6.84. The van der Waals surface area contributed by atoms with Gasteiger partial charge in [0.25, 0.3) is 5.91 Å². The number of aryl methyl sites for hydroxylation is 2. The van der Waals surface area contributed by atoms with Crippen LogP contribution < -0.4 is 0 Å². The molecule has 3 aromatic rings. The molecule has 0 aliphatic carbocycles. The standard InChI is InChI=1S/C26H28ClN3O3/c1-4-33-26(32)19-11-13-29(14-12-19)25(31)24-16-22(20-7-5-6-8-21(20)27)28-30(24)23-15-17(2)9-10-18(23)3/h5-10,15-16,19H,4,11-14H2,1-3H3. The van der Waals surface area contributed by atoms with Crippen molar-refractivity contribution in [2.45, 2.75) is 33.6 Å². The van der Waals surface area contributed by atoms with E-state index in [2.05, 4.69) is 0 Å². The van der Waals surface area contributed by atoms with Gasteiger partial charge in [-0.1, -0.05) is 41.9 Å². The normalized spacial score (nSPS) is 14.4. The minimum Gasteiger partial charge on any atom is -0.466 e. The number of hydrogen-bond acceptors (Lipinski definition) is 4. The summed E-state index contributed by atoms with van der Waals surface area (Å²) < 4.78 is 6.88. The molecule has 0 atom stereocenters. The Hall–Kier alpha value is -3.12. The highest BCUT2D eigenvalue weighted by molar-refractivity contribution is 6.33. The Morgan fingerprint density at radius 3 is 2.52 bits per heavy atom. The summed E-state index contributed by atoms with van der Waals surface area (Å²) in [5.74, 6) is -0.438. The fraction of sp³-hybridized carbons (Fsp3) is 0.346. The van der Waals surface area contributed by atoms with Gasteiger partial charge in [-0.15, -0.1) is 0 Å². The van der Waals surface area contributed by atoms with E-state index in [9.17, 15) is 9.59 Å². The zero-order valence-corrected chi connectivity index (χ0v) is 19.9. The first-order chi connectivity index (χ1) is 15.9. The number of carbonyl (C=O) groups excluding carboxylic acids is 2. The minimum atomic E-state index is -0.175. The molecule has 6 nitrogen and oxygen atoms in total. The largest absolute Gasteiger partial charge is 0.466 e. The van der Waals surface area contributed by atoms with Crippen molar-refractivity contribution in [2.24, 2.45) is 5.92 Å². The van der Waals surface area contributed by atoms with Crippen molar-refractivity contribution in [3.05, 3.63) is 70.4 Å². The zero-order chi connectivity index (χ0) is 23.5. The first-order valence-corrected chi connectivity index (χ1v) is 11.6. The van der Waals surface area contributed by atoms with E-state index >= 15 is 0 Å². The number of halogens is 1. The lowest BCUT2D eigenvalue weighted by Gasteiger charge is -2.31. The van der Waals surface area contributed by atoms with Crippen LogP contribution in [0.25, 0.3) is 16.9 Å². The number of esters is 1. The molecule has 1 fully saturated rings. The van der Waals surface area contributed by atoms with E-state index in [1.807, 2.05) is 69.3 Å². The molecule has 1 aliphatic heterocycles. The van der Waals surface area contributed by atoms with E-state index < -0.39 is 0 Å². The molecule has 2 heterocycles. The molecule has 0 spiro atoms. The number of likely N-dealkylation sites (tertiary alicyclic amines) is 1. The van der Waals surface area contributed by atoms with E-state index in [4.69, 9.17) is 21.4 Å². The second-order valence-electron chi connectivity index (χ2n) is 8.41. The quantitative estimate of drug-likeness (QED) is 0.484. The fourth-order valence-electron chi connectivity index (χ4n) is 4.21. The van der Waals surface area contributed by atoms with Gasteiger partial charge in [0.1, 0.15) is 5.69 Å². The number of rotatable bonds is 5. The molecule has 0 unspecified atom stereocenters. The maximum atomic E-state index is 13.6. The summed E-state index contributed by atoms with van der Waals surface area (Å²) in [5.41, 5.74) is 4.86. The van der Waals surface area contributed by atoms with Gasteiger partial charge in [-0.2, -0.15) is 5.10 Å². The Bertz CT molecular complexity index is 1180. The molecule has 1 amide bonds. The molecular formula is C26H28ClN3O3. The molecule has 33 heavy (non-hydrogen) atoms. The second kappa shape index (κ2) is 9.79. The Balaban J connectivity index is 1.70. The summed E-state index contributed by atoms with van der Waals surface area (Å²) in [5, 5.41) is 5.39. The van der Waals surface area contributed by atoms with E-state index in [1.54, 1.807) is 9.58 Å². The highest BCUT2D eigenvalue weighted by atomic mass is 35.5. The lowest BCUT2D eigenvalue weighted by Crippen LogP contribution is -2.41. The predicted molar refractivity (Wildman–Crippen MR) is 129 cm³/mol. The van der Waals surface area contributed by atoms with Gasteiger partial charge in [0, 0.05) is 18.7 Å². The van der Waals surface area contributed by atoms with Crippen LogP contribution >= 0.6 is 11.6 Å². The molecule has 0 N–H and O–H groups in total. The maximum absolute atomic E-state index is 13.6. The van der Waals surface area contributed by atoms with Gasteiger partial charge >= 0.3 is 5.97 Å². The number of hydrogen-bond donors (Lipinski definition) is 0. The van der Waals surface area contributed by atoms with Crippen LogP contribution in [0, 0.1) is 19.8 Å². The van der Waals surface area contributed by atoms with E-state index in [1.165, 1.54) is 0 Å². The summed E-state index contributed by atoms with van der Waals surface area (Å²) in [4.78, 5) is 27.5. The smallest absolute Gasteiger partial charge is 0.309 e. The topological polar surface area (TPSA) is 64.4 Å². The summed E-state index contributed by atoms with van der Waals surface area (Å²) in [6, 6.07) is 15.4. The van der Waals surface area contributed by atoms with Crippen LogP contribution in [0.2, 0.25) is 5.02 Å². The van der Waals surface area contributed by atoms with Crippen LogP contribution in [0.5, 0.6) is 0 Å². The van der Waals surface area contributed by atoms with Crippen molar-refractivity contribution in [1.29, 1.82) is 0 Å². The Labute approximate surface area is 199 Å². The molecule has 4 rings (SSSR count). The van der Waals surface area contributed by atoms with Gasteiger partial charge in [0.15, 0.2) is 0 Å². The number of nitrogens with zero attached hydrogens (tertiary/aromatic N) is 3. The Morgan fingerprint density at radius 1 is 1.09 bits per heavy atom. The van der Waals surface area contributed by atoms with Crippen LogP contribution in [0.1, 0.15) is 41.4 Å². The van der Waals surface area contributed by atoms with E-state index in [-0.39, 0.29) is 17.8 Å². The second-order valence-corrected chi connectivity index (χ2v) is 8.82. The van der Waals surface area contributed by atoms with Crippen LogP contribution in [-0.2, 0) is 9.53 Å². The van der Waals surface area contributed by atoms with Crippen molar-refractivity contribution in [3.8, 4) is 16.9 Å². The SMILES string of the molecule is CCOC(=O)C1CCN(C(=O)c2cc(-c3ccccc3Cl)nn2-c2cc(C)ccc2C)CC1. The van der Waals surface area contributed by atoms with Crippen molar-refractivity contribution >= 4 is 23.5 Å². The predicted octanol–water partition coefficient (Wildman–Crippen LogP) is 5.22. The summed E-state index contributed by atoms with van der Waals surface area (Å²) in [6.45, 7) is 7.20. The average Bonchev–Trinajstić information content (AvgIpc) is 3.25. The molecule has 0 saturated carbocycles. The van der Waals surface area contributed by atoms with Crippen LogP contribution in [0.4, 0.5) is 0 Å². The third-order valence-corrected chi connectivity index (χ3v) is 6.40. The van der Waals surface area contributed by atoms with Gasteiger partial charge in [0.05, 0.1) is 28.9 Å². The highest BCUT2D eigenvalue weighted by Gasteiger charge is 2.31. The third-order valence-electron chi connectivity index (χ3n) is 6.07. The van der Waals surface area contributed by atoms with Crippen molar-refractivity contribution in [2.75, 3.05) is 19.7 Å².